The Morgan fingerprint density at radius 2 is 1.79 bits per heavy atom. The molecule has 0 aliphatic heterocycles. The van der Waals surface area contributed by atoms with Crippen molar-refractivity contribution in [2.45, 2.75) is 33.6 Å². The summed E-state index contributed by atoms with van der Waals surface area (Å²) in [7, 11) is 0. The lowest BCUT2D eigenvalue weighted by molar-refractivity contribution is -0.128. The number of carbonyl (C=O) groups is 2. The first-order valence-electron chi connectivity index (χ1n) is 4.74. The third-order valence-corrected chi connectivity index (χ3v) is 2.60. The zero-order valence-corrected chi connectivity index (χ0v) is 10.3. The van der Waals surface area contributed by atoms with Crippen molar-refractivity contribution >= 4 is 28.1 Å². The first-order valence-corrected chi connectivity index (χ1v) is 5.45. The lowest BCUT2D eigenvalue weighted by Gasteiger charge is -2.17. The van der Waals surface area contributed by atoms with Crippen LogP contribution >= 0.6 is 16.1 Å². The summed E-state index contributed by atoms with van der Waals surface area (Å²) in [5.74, 6) is -0.368. The second kappa shape index (κ2) is 6.81. The summed E-state index contributed by atoms with van der Waals surface area (Å²) in [5.41, 5.74) is 0. The number of imide groups is 1. The van der Waals surface area contributed by atoms with Gasteiger partial charge in [-0.1, -0.05) is 13.8 Å². The fraction of sp³-hybridized carbons (Fsp3) is 0.778. The molecule has 14 heavy (non-hydrogen) atoms. The minimum atomic E-state index is -0.649. The molecule has 0 unspecified atom stereocenters. The molecule has 0 N–H and O–H groups in total. The highest BCUT2D eigenvalue weighted by Gasteiger charge is 2.25. The van der Waals surface area contributed by atoms with E-state index in [0.717, 1.165) is 16.8 Å². The van der Waals surface area contributed by atoms with Crippen LogP contribution in [-0.2, 0) is 9.53 Å². The van der Waals surface area contributed by atoms with Crippen molar-refractivity contribution in [1.29, 1.82) is 0 Å². The minimum Gasteiger partial charge on any atom is -0.449 e. The molecule has 0 saturated carbocycles. The first kappa shape index (κ1) is 13.4. The number of hydrogen-bond donors (Lipinski definition) is 0. The van der Waals surface area contributed by atoms with Crippen molar-refractivity contribution in [2.75, 3.05) is 6.61 Å². The van der Waals surface area contributed by atoms with Gasteiger partial charge in [0.2, 0.25) is 5.91 Å². The topological polar surface area (TPSA) is 46.6 Å². The lowest BCUT2D eigenvalue weighted by Crippen LogP contribution is -2.33. The maximum atomic E-state index is 11.6. The highest BCUT2D eigenvalue weighted by molar-refractivity contribution is 9.08. The van der Waals surface area contributed by atoms with E-state index in [-0.39, 0.29) is 18.4 Å². The Kier molecular flexibility index (Phi) is 6.53. The van der Waals surface area contributed by atoms with Crippen LogP contribution in [0.25, 0.3) is 0 Å². The van der Waals surface area contributed by atoms with E-state index < -0.39 is 6.09 Å². The molecule has 5 heteroatoms. The SMILES string of the molecule is CCOC(=O)N(Br)C(=O)C(CC)CC. The summed E-state index contributed by atoms with van der Waals surface area (Å²) < 4.78 is 5.55. The number of ether oxygens (including phenoxy) is 1. The second-order valence-corrected chi connectivity index (χ2v) is 3.54. The van der Waals surface area contributed by atoms with Crippen LogP contribution in [0.15, 0.2) is 0 Å². The molecule has 0 aromatic heterocycles. The Balaban J connectivity index is 4.29. The molecule has 0 rings (SSSR count). The monoisotopic (exact) mass is 265 g/mol. The van der Waals surface area contributed by atoms with Crippen molar-refractivity contribution in [1.82, 2.24) is 3.93 Å². The molecule has 0 fully saturated rings. The zero-order valence-electron chi connectivity index (χ0n) is 8.75. The van der Waals surface area contributed by atoms with Crippen molar-refractivity contribution in [3.8, 4) is 0 Å². The van der Waals surface area contributed by atoms with Gasteiger partial charge in [0.25, 0.3) is 0 Å². The van der Waals surface area contributed by atoms with Crippen LogP contribution in [0.2, 0.25) is 0 Å². The molecule has 0 aliphatic carbocycles. The second-order valence-electron chi connectivity index (χ2n) is 2.83. The average Bonchev–Trinajstić information content (AvgIpc) is 2.18. The van der Waals surface area contributed by atoms with E-state index in [9.17, 15) is 9.59 Å². The van der Waals surface area contributed by atoms with Gasteiger partial charge < -0.3 is 4.74 Å². The molecule has 0 bridgehead atoms. The van der Waals surface area contributed by atoms with Gasteiger partial charge in [-0.05, 0) is 19.8 Å². The van der Waals surface area contributed by atoms with Gasteiger partial charge in [-0.25, -0.2) is 4.79 Å². The van der Waals surface area contributed by atoms with Crippen LogP contribution in [-0.4, -0.2) is 22.5 Å². The van der Waals surface area contributed by atoms with Crippen LogP contribution < -0.4 is 0 Å². The van der Waals surface area contributed by atoms with Gasteiger partial charge >= 0.3 is 6.09 Å². The summed E-state index contributed by atoms with van der Waals surface area (Å²) in [4.78, 5) is 22.8. The van der Waals surface area contributed by atoms with Crippen molar-refractivity contribution in [2.24, 2.45) is 5.92 Å². The Hall–Kier alpha value is -0.580. The number of hydrogen-bond acceptors (Lipinski definition) is 3. The third kappa shape index (κ3) is 3.65. The van der Waals surface area contributed by atoms with E-state index in [1.807, 2.05) is 13.8 Å². The largest absolute Gasteiger partial charge is 0.449 e. The van der Waals surface area contributed by atoms with Crippen molar-refractivity contribution < 1.29 is 14.3 Å². The number of amides is 2. The molecular formula is C9H16BrNO3. The van der Waals surface area contributed by atoms with Gasteiger partial charge in [-0.3, -0.25) is 4.79 Å². The molecule has 0 radical (unpaired) electrons. The predicted molar refractivity (Wildman–Crippen MR) is 56.9 cm³/mol. The molecule has 0 aromatic carbocycles. The van der Waals surface area contributed by atoms with E-state index in [1.165, 1.54) is 0 Å². The summed E-state index contributed by atoms with van der Waals surface area (Å²) in [5, 5.41) is 0. The van der Waals surface area contributed by atoms with Crippen LogP contribution in [0, 0.1) is 5.92 Å². The summed E-state index contributed by atoms with van der Waals surface area (Å²) in [6.07, 6.45) is 0.789. The van der Waals surface area contributed by atoms with E-state index in [2.05, 4.69) is 20.9 Å². The predicted octanol–water partition coefficient (Wildman–Crippen LogP) is 2.72. The quantitative estimate of drug-likeness (QED) is 0.735. The summed E-state index contributed by atoms with van der Waals surface area (Å²) in [6, 6.07) is 0. The molecule has 2 amide bonds. The number of rotatable bonds is 4. The lowest BCUT2D eigenvalue weighted by atomic mass is 10.0. The number of nitrogens with zero attached hydrogens (tertiary/aromatic N) is 1. The first-order chi connectivity index (χ1) is 6.58. The molecule has 82 valence electrons. The van der Waals surface area contributed by atoms with Crippen LogP contribution in [0.3, 0.4) is 0 Å². The normalized spacial score (nSPS) is 10.1. The van der Waals surface area contributed by atoms with Gasteiger partial charge in [0.1, 0.15) is 0 Å². The molecule has 0 heterocycles. The molecular weight excluding hydrogens is 250 g/mol. The fourth-order valence-electron chi connectivity index (χ4n) is 1.07. The van der Waals surface area contributed by atoms with E-state index in [0.29, 0.717) is 0 Å². The van der Waals surface area contributed by atoms with Crippen molar-refractivity contribution in [3.05, 3.63) is 0 Å². The Morgan fingerprint density at radius 3 is 2.14 bits per heavy atom. The summed E-state index contributed by atoms with van der Waals surface area (Å²) >= 11 is 2.90. The van der Waals surface area contributed by atoms with E-state index in [4.69, 9.17) is 0 Å². The minimum absolute atomic E-state index is 0.126. The Labute approximate surface area is 92.9 Å². The van der Waals surface area contributed by atoms with Crippen LogP contribution in [0.5, 0.6) is 0 Å². The standard InChI is InChI=1S/C9H16BrNO3/c1-4-7(5-2)8(12)11(10)9(13)14-6-3/h7H,4-6H2,1-3H3. The van der Waals surface area contributed by atoms with Gasteiger partial charge in [0, 0.05) is 5.92 Å². The molecule has 0 aliphatic rings. The number of carbonyl (C=O) groups excluding carboxylic acids is 2. The maximum Gasteiger partial charge on any atom is 0.427 e. The maximum absolute atomic E-state index is 11.6. The van der Waals surface area contributed by atoms with Gasteiger partial charge in [0.15, 0.2) is 0 Å². The van der Waals surface area contributed by atoms with Gasteiger partial charge in [-0.2, -0.15) is 3.93 Å². The zero-order chi connectivity index (χ0) is 11.1. The highest BCUT2D eigenvalue weighted by atomic mass is 79.9. The van der Waals surface area contributed by atoms with Gasteiger partial charge in [-0.15, -0.1) is 0 Å². The highest BCUT2D eigenvalue weighted by Crippen LogP contribution is 2.15. The fourth-order valence-corrected chi connectivity index (χ4v) is 1.46. The van der Waals surface area contributed by atoms with Crippen LogP contribution in [0.1, 0.15) is 33.6 Å². The average molecular weight is 266 g/mol. The Bertz CT molecular complexity index is 204. The van der Waals surface area contributed by atoms with Gasteiger partial charge in [0.05, 0.1) is 22.8 Å². The molecule has 0 aromatic rings. The van der Waals surface area contributed by atoms with E-state index in [1.54, 1.807) is 6.92 Å². The Morgan fingerprint density at radius 1 is 1.29 bits per heavy atom. The molecule has 0 saturated heterocycles. The number of halogens is 1. The van der Waals surface area contributed by atoms with Crippen LogP contribution in [0.4, 0.5) is 4.79 Å². The summed E-state index contributed by atoms with van der Waals surface area (Å²) in [6.45, 7) is 5.79. The third-order valence-electron chi connectivity index (χ3n) is 1.96. The van der Waals surface area contributed by atoms with E-state index >= 15 is 0 Å². The molecule has 4 nitrogen and oxygen atoms in total. The molecule has 0 atom stereocenters. The molecule has 0 spiro atoms. The van der Waals surface area contributed by atoms with Crippen molar-refractivity contribution in [3.63, 3.8) is 0 Å². The smallest absolute Gasteiger partial charge is 0.427 e.